The van der Waals surface area contributed by atoms with Crippen LogP contribution in [0.4, 0.5) is 0 Å². The molecule has 0 saturated heterocycles. The van der Waals surface area contributed by atoms with Gasteiger partial charge in [-0.1, -0.05) is 32.0 Å². The average molecular weight is 326 g/mol. The molecule has 0 unspecified atom stereocenters. The second-order valence-corrected chi connectivity index (χ2v) is 6.09. The fourth-order valence-electron chi connectivity index (χ4n) is 2.69. The summed E-state index contributed by atoms with van der Waals surface area (Å²) in [7, 11) is 0. The number of rotatable bonds is 3. The summed E-state index contributed by atoms with van der Waals surface area (Å²) in [5.74, 6) is -1.12. The Bertz CT molecular complexity index is 962. The minimum absolute atomic E-state index is 0.123. The maximum atomic E-state index is 13.0. The average Bonchev–Trinajstić information content (AvgIpc) is 2.53. The number of aromatic hydroxyl groups is 3. The third-order valence-corrected chi connectivity index (χ3v) is 3.76. The zero-order chi connectivity index (χ0) is 17.4. The Kier molecular flexibility index (Phi) is 3.89. The lowest BCUT2D eigenvalue weighted by molar-refractivity contribution is 0.371. The van der Waals surface area contributed by atoms with E-state index in [-0.39, 0.29) is 16.8 Å². The van der Waals surface area contributed by atoms with Gasteiger partial charge in [-0.3, -0.25) is 9.36 Å². The summed E-state index contributed by atoms with van der Waals surface area (Å²) in [6, 6.07) is 10.2. The van der Waals surface area contributed by atoms with Crippen molar-refractivity contribution in [1.82, 2.24) is 9.55 Å². The molecule has 0 spiro atoms. The SMILES string of the molecule is CC(C)Cc1nc2cc(O)c(O)c(O)c2c(=O)n1-c1ccccc1. The van der Waals surface area contributed by atoms with Gasteiger partial charge >= 0.3 is 0 Å². The molecule has 0 radical (unpaired) electrons. The summed E-state index contributed by atoms with van der Waals surface area (Å²) < 4.78 is 1.43. The van der Waals surface area contributed by atoms with Crippen LogP contribution in [0.2, 0.25) is 0 Å². The first kappa shape index (κ1) is 15.9. The molecule has 3 aromatic rings. The Balaban J connectivity index is 2.44. The summed E-state index contributed by atoms with van der Waals surface area (Å²) >= 11 is 0. The largest absolute Gasteiger partial charge is 0.504 e. The van der Waals surface area contributed by atoms with E-state index in [1.807, 2.05) is 19.9 Å². The Labute approximate surface area is 138 Å². The molecule has 1 heterocycles. The predicted molar refractivity (Wildman–Crippen MR) is 90.9 cm³/mol. The molecule has 0 aliphatic heterocycles. The lowest BCUT2D eigenvalue weighted by Crippen LogP contribution is -2.25. The molecule has 1 aromatic heterocycles. The van der Waals surface area contributed by atoms with Gasteiger partial charge in [0, 0.05) is 12.5 Å². The molecule has 6 nitrogen and oxygen atoms in total. The van der Waals surface area contributed by atoms with Gasteiger partial charge in [-0.25, -0.2) is 4.98 Å². The van der Waals surface area contributed by atoms with E-state index in [0.717, 1.165) is 0 Å². The third-order valence-electron chi connectivity index (χ3n) is 3.76. The molecule has 6 heteroatoms. The highest BCUT2D eigenvalue weighted by Gasteiger charge is 2.20. The Morgan fingerprint density at radius 2 is 1.75 bits per heavy atom. The number of benzene rings is 2. The number of hydrogen-bond donors (Lipinski definition) is 3. The summed E-state index contributed by atoms with van der Waals surface area (Å²) in [5.41, 5.74) is 0.282. The van der Waals surface area contributed by atoms with E-state index < -0.39 is 22.8 Å². The predicted octanol–water partition coefficient (Wildman–Crippen LogP) is 2.70. The number of para-hydroxylation sites is 1. The normalized spacial score (nSPS) is 11.3. The molecule has 24 heavy (non-hydrogen) atoms. The maximum Gasteiger partial charge on any atom is 0.269 e. The molecule has 0 aliphatic carbocycles. The standard InChI is InChI=1S/C18H18N2O4/c1-10(2)8-14-19-12-9-13(21)16(22)17(23)15(12)18(24)20(14)11-6-4-3-5-7-11/h3-7,9-10,21-23H,8H2,1-2H3. The van der Waals surface area contributed by atoms with Crippen LogP contribution in [0.15, 0.2) is 41.2 Å². The van der Waals surface area contributed by atoms with Crippen molar-refractivity contribution in [3.05, 3.63) is 52.6 Å². The van der Waals surface area contributed by atoms with Crippen LogP contribution in [0, 0.1) is 5.92 Å². The number of phenolic OH excluding ortho intramolecular Hbond substituents is 3. The van der Waals surface area contributed by atoms with Crippen molar-refractivity contribution in [1.29, 1.82) is 0 Å². The molecular formula is C18H18N2O4. The van der Waals surface area contributed by atoms with Crippen LogP contribution in [0.5, 0.6) is 17.2 Å². The van der Waals surface area contributed by atoms with Crippen LogP contribution in [0.1, 0.15) is 19.7 Å². The van der Waals surface area contributed by atoms with Crippen molar-refractivity contribution < 1.29 is 15.3 Å². The van der Waals surface area contributed by atoms with Crippen LogP contribution in [0.3, 0.4) is 0 Å². The molecule has 2 aromatic carbocycles. The lowest BCUT2D eigenvalue weighted by Gasteiger charge is -2.16. The van der Waals surface area contributed by atoms with Gasteiger partial charge in [0.15, 0.2) is 11.5 Å². The number of fused-ring (bicyclic) bond motifs is 1. The van der Waals surface area contributed by atoms with Crippen molar-refractivity contribution in [2.24, 2.45) is 5.92 Å². The number of aromatic nitrogens is 2. The van der Waals surface area contributed by atoms with Crippen molar-refractivity contribution >= 4 is 10.9 Å². The second kappa shape index (κ2) is 5.88. The molecule has 0 saturated carbocycles. The first-order valence-corrected chi connectivity index (χ1v) is 7.65. The molecule has 0 amide bonds. The zero-order valence-electron chi connectivity index (χ0n) is 13.4. The van der Waals surface area contributed by atoms with Gasteiger partial charge in [-0.05, 0) is 18.1 Å². The number of hydrogen-bond acceptors (Lipinski definition) is 5. The Morgan fingerprint density at radius 3 is 2.38 bits per heavy atom. The van der Waals surface area contributed by atoms with Crippen LogP contribution in [-0.2, 0) is 6.42 Å². The van der Waals surface area contributed by atoms with Crippen molar-refractivity contribution in [2.75, 3.05) is 0 Å². The van der Waals surface area contributed by atoms with Gasteiger partial charge in [0.2, 0.25) is 5.75 Å². The third kappa shape index (κ3) is 2.56. The van der Waals surface area contributed by atoms with E-state index in [4.69, 9.17) is 0 Å². The highest BCUT2D eigenvalue weighted by atomic mass is 16.3. The fourth-order valence-corrected chi connectivity index (χ4v) is 2.69. The monoisotopic (exact) mass is 326 g/mol. The topological polar surface area (TPSA) is 95.6 Å². The molecule has 124 valence electrons. The summed E-state index contributed by atoms with van der Waals surface area (Å²) in [6.07, 6.45) is 0.544. The maximum absolute atomic E-state index is 13.0. The van der Waals surface area contributed by atoms with Gasteiger partial charge in [-0.2, -0.15) is 0 Å². The van der Waals surface area contributed by atoms with E-state index >= 15 is 0 Å². The minimum Gasteiger partial charge on any atom is -0.504 e. The molecule has 3 N–H and O–H groups in total. The second-order valence-electron chi connectivity index (χ2n) is 6.09. The molecular weight excluding hydrogens is 308 g/mol. The van der Waals surface area contributed by atoms with E-state index in [9.17, 15) is 20.1 Å². The lowest BCUT2D eigenvalue weighted by atomic mass is 10.1. The van der Waals surface area contributed by atoms with E-state index in [0.29, 0.717) is 17.9 Å². The van der Waals surface area contributed by atoms with E-state index in [1.165, 1.54) is 10.6 Å². The van der Waals surface area contributed by atoms with Gasteiger partial charge in [0.1, 0.15) is 11.2 Å². The number of phenols is 3. The molecule has 0 aliphatic rings. The first-order chi connectivity index (χ1) is 11.4. The van der Waals surface area contributed by atoms with Crippen molar-refractivity contribution in [3.63, 3.8) is 0 Å². The number of nitrogens with zero attached hydrogens (tertiary/aromatic N) is 2. The highest BCUT2D eigenvalue weighted by molar-refractivity contribution is 5.89. The van der Waals surface area contributed by atoms with Crippen molar-refractivity contribution in [3.8, 4) is 22.9 Å². The van der Waals surface area contributed by atoms with Gasteiger partial charge in [0.25, 0.3) is 5.56 Å². The minimum atomic E-state index is -0.724. The van der Waals surface area contributed by atoms with Gasteiger partial charge < -0.3 is 15.3 Å². The van der Waals surface area contributed by atoms with E-state index in [1.54, 1.807) is 24.3 Å². The Morgan fingerprint density at radius 1 is 1.08 bits per heavy atom. The van der Waals surface area contributed by atoms with Crippen LogP contribution in [0.25, 0.3) is 16.6 Å². The first-order valence-electron chi connectivity index (χ1n) is 7.65. The fraction of sp³-hybridized carbons (Fsp3) is 0.222. The molecule has 3 rings (SSSR count). The van der Waals surface area contributed by atoms with E-state index in [2.05, 4.69) is 4.98 Å². The quantitative estimate of drug-likeness (QED) is 0.643. The van der Waals surface area contributed by atoms with Crippen LogP contribution in [-0.4, -0.2) is 24.9 Å². The highest BCUT2D eigenvalue weighted by Crippen LogP contribution is 2.39. The molecule has 0 atom stereocenters. The van der Waals surface area contributed by atoms with Crippen LogP contribution >= 0.6 is 0 Å². The molecule has 0 fully saturated rings. The van der Waals surface area contributed by atoms with Crippen molar-refractivity contribution in [2.45, 2.75) is 20.3 Å². The van der Waals surface area contributed by atoms with Gasteiger partial charge in [-0.15, -0.1) is 0 Å². The summed E-state index contributed by atoms with van der Waals surface area (Å²) in [4.78, 5) is 17.4. The van der Waals surface area contributed by atoms with Crippen LogP contribution < -0.4 is 5.56 Å². The smallest absolute Gasteiger partial charge is 0.269 e. The Hall–Kier alpha value is -3.02. The van der Waals surface area contributed by atoms with Gasteiger partial charge in [0.05, 0.1) is 11.2 Å². The molecule has 0 bridgehead atoms. The zero-order valence-corrected chi connectivity index (χ0v) is 13.4. The summed E-state index contributed by atoms with van der Waals surface area (Å²) in [5, 5.41) is 29.4. The summed E-state index contributed by atoms with van der Waals surface area (Å²) in [6.45, 7) is 4.02.